The molecule has 0 aliphatic heterocycles. The number of benzene rings is 3. The third-order valence-electron chi connectivity index (χ3n) is 7.66. The number of sulfonamides is 1. The van der Waals surface area contributed by atoms with Crippen LogP contribution >= 0.6 is 11.6 Å². The first-order chi connectivity index (χ1) is 19.7. The lowest BCUT2D eigenvalue weighted by Gasteiger charge is -2.33. The number of carbonyl (C=O) groups excluding carboxylic acids is 2. The summed E-state index contributed by atoms with van der Waals surface area (Å²) >= 11 is 6.39. The van der Waals surface area contributed by atoms with E-state index in [1.807, 2.05) is 37.3 Å². The summed E-state index contributed by atoms with van der Waals surface area (Å²) in [6.07, 6.45) is 5.68. The van der Waals surface area contributed by atoms with Crippen molar-refractivity contribution >= 4 is 39.1 Å². The fourth-order valence-electron chi connectivity index (χ4n) is 5.12. The molecule has 3 aromatic carbocycles. The Balaban J connectivity index is 1.64. The zero-order valence-electron chi connectivity index (χ0n) is 23.6. The van der Waals surface area contributed by atoms with Gasteiger partial charge >= 0.3 is 0 Å². The summed E-state index contributed by atoms with van der Waals surface area (Å²) in [5.74, 6) is -0.697. The summed E-state index contributed by atoms with van der Waals surface area (Å²) in [7, 11) is -4.12. The summed E-state index contributed by atoms with van der Waals surface area (Å²) in [5.41, 5.74) is 2.08. The molecule has 7 nitrogen and oxygen atoms in total. The van der Waals surface area contributed by atoms with Crippen LogP contribution in [-0.2, 0) is 26.0 Å². The second-order valence-corrected chi connectivity index (χ2v) is 12.9. The molecule has 1 N–H and O–H groups in total. The van der Waals surface area contributed by atoms with Gasteiger partial charge in [-0.25, -0.2) is 8.42 Å². The van der Waals surface area contributed by atoms with Gasteiger partial charge in [-0.3, -0.25) is 13.9 Å². The molecule has 1 fully saturated rings. The zero-order chi connectivity index (χ0) is 29.4. The number of hydrogen-bond acceptors (Lipinski definition) is 4. The quantitative estimate of drug-likeness (QED) is 0.306. The summed E-state index contributed by atoms with van der Waals surface area (Å²) in [4.78, 5) is 28.9. The largest absolute Gasteiger partial charge is 0.352 e. The standard InChI is InChI=1S/C32H38ClN3O4S/c1-24-18-19-28(22-30(24)33)36(41(39,40)29-16-10-5-11-17-29)23-31(37)35(21-20-26-12-6-3-7-13-26)25(2)32(38)34-27-14-8-4-9-15-27/h3,5-7,10-13,16-19,22,25,27H,4,8-9,14-15,20-21,23H2,1-2H3,(H,34,38)/t25-/m1/s1. The fourth-order valence-corrected chi connectivity index (χ4v) is 6.73. The highest BCUT2D eigenvalue weighted by molar-refractivity contribution is 7.92. The summed E-state index contributed by atoms with van der Waals surface area (Å²) < 4.78 is 28.8. The zero-order valence-corrected chi connectivity index (χ0v) is 25.2. The van der Waals surface area contributed by atoms with Gasteiger partial charge in [-0.2, -0.15) is 0 Å². The minimum atomic E-state index is -4.12. The van der Waals surface area contributed by atoms with Crippen molar-refractivity contribution in [2.45, 2.75) is 69.4 Å². The molecule has 3 aromatic rings. The van der Waals surface area contributed by atoms with E-state index in [-0.39, 0.29) is 29.1 Å². The SMILES string of the molecule is Cc1ccc(N(CC(=O)N(CCc2ccccc2)[C@H](C)C(=O)NC2CCCCC2)S(=O)(=O)c2ccccc2)cc1Cl. The van der Waals surface area contributed by atoms with Gasteiger partial charge in [0.25, 0.3) is 10.0 Å². The molecule has 0 spiro atoms. The number of hydrogen-bond donors (Lipinski definition) is 1. The van der Waals surface area contributed by atoms with Crippen LogP contribution in [0.1, 0.15) is 50.2 Å². The van der Waals surface area contributed by atoms with Crippen molar-refractivity contribution in [3.63, 3.8) is 0 Å². The predicted molar refractivity (Wildman–Crippen MR) is 163 cm³/mol. The highest BCUT2D eigenvalue weighted by Crippen LogP contribution is 2.28. The van der Waals surface area contributed by atoms with Crippen LogP contribution in [0.2, 0.25) is 5.02 Å². The maximum atomic E-state index is 14.0. The van der Waals surface area contributed by atoms with E-state index in [0.29, 0.717) is 11.4 Å². The third kappa shape index (κ3) is 7.89. The van der Waals surface area contributed by atoms with Crippen LogP contribution in [0.15, 0.2) is 83.8 Å². The molecule has 218 valence electrons. The summed E-state index contributed by atoms with van der Waals surface area (Å²) in [6.45, 7) is 3.31. The van der Waals surface area contributed by atoms with E-state index >= 15 is 0 Å². The van der Waals surface area contributed by atoms with E-state index in [1.54, 1.807) is 43.3 Å². The van der Waals surface area contributed by atoms with Crippen LogP contribution in [0.5, 0.6) is 0 Å². The van der Waals surface area contributed by atoms with Crippen LogP contribution < -0.4 is 9.62 Å². The second kappa shape index (κ2) is 14.0. The molecule has 1 aliphatic carbocycles. The molecule has 41 heavy (non-hydrogen) atoms. The van der Waals surface area contributed by atoms with Crippen molar-refractivity contribution in [3.8, 4) is 0 Å². The third-order valence-corrected chi connectivity index (χ3v) is 9.85. The van der Waals surface area contributed by atoms with Gasteiger partial charge in [-0.05, 0) is 68.5 Å². The molecular weight excluding hydrogens is 558 g/mol. The van der Waals surface area contributed by atoms with E-state index in [9.17, 15) is 18.0 Å². The number of amides is 2. The number of aryl methyl sites for hydroxylation is 1. The Morgan fingerprint density at radius 1 is 0.951 bits per heavy atom. The molecule has 0 radical (unpaired) electrons. The van der Waals surface area contributed by atoms with Crippen LogP contribution in [0.25, 0.3) is 0 Å². The Labute approximate surface area is 248 Å². The minimum absolute atomic E-state index is 0.0587. The highest BCUT2D eigenvalue weighted by atomic mass is 35.5. The number of halogens is 1. The average molecular weight is 596 g/mol. The average Bonchev–Trinajstić information content (AvgIpc) is 2.98. The Morgan fingerprint density at radius 3 is 2.22 bits per heavy atom. The smallest absolute Gasteiger partial charge is 0.264 e. The van der Waals surface area contributed by atoms with E-state index < -0.39 is 28.5 Å². The molecule has 0 heterocycles. The first-order valence-electron chi connectivity index (χ1n) is 14.1. The molecule has 4 rings (SSSR count). The van der Waals surface area contributed by atoms with Gasteiger partial charge in [0.05, 0.1) is 10.6 Å². The predicted octanol–water partition coefficient (Wildman–Crippen LogP) is 5.75. The van der Waals surface area contributed by atoms with Gasteiger partial charge in [0.15, 0.2) is 0 Å². The second-order valence-electron chi connectivity index (χ2n) is 10.6. The molecule has 1 saturated carbocycles. The van der Waals surface area contributed by atoms with Gasteiger partial charge in [-0.15, -0.1) is 0 Å². The molecule has 0 saturated heterocycles. The lowest BCUT2D eigenvalue weighted by Crippen LogP contribution is -2.53. The molecule has 1 atom stereocenters. The van der Waals surface area contributed by atoms with Crippen molar-refractivity contribution in [2.75, 3.05) is 17.4 Å². The van der Waals surface area contributed by atoms with Crippen molar-refractivity contribution in [1.29, 1.82) is 0 Å². The molecule has 0 aromatic heterocycles. The minimum Gasteiger partial charge on any atom is -0.352 e. The Kier molecular flexibility index (Phi) is 10.5. The van der Waals surface area contributed by atoms with Crippen molar-refractivity contribution < 1.29 is 18.0 Å². The Bertz CT molecular complexity index is 1430. The van der Waals surface area contributed by atoms with Gasteiger partial charge in [0.2, 0.25) is 11.8 Å². The monoisotopic (exact) mass is 595 g/mol. The fraction of sp³-hybridized carbons (Fsp3) is 0.375. The van der Waals surface area contributed by atoms with Crippen LogP contribution in [0.3, 0.4) is 0 Å². The number of rotatable bonds is 11. The van der Waals surface area contributed by atoms with Crippen molar-refractivity contribution in [3.05, 3.63) is 95.0 Å². The van der Waals surface area contributed by atoms with E-state index in [4.69, 9.17) is 11.6 Å². The Morgan fingerprint density at radius 2 is 1.59 bits per heavy atom. The lowest BCUT2D eigenvalue weighted by molar-refractivity contribution is -0.139. The van der Waals surface area contributed by atoms with Crippen LogP contribution in [0, 0.1) is 6.92 Å². The van der Waals surface area contributed by atoms with Gasteiger partial charge in [0, 0.05) is 17.6 Å². The number of carbonyl (C=O) groups is 2. The summed E-state index contributed by atoms with van der Waals surface area (Å²) in [5, 5.41) is 3.52. The highest BCUT2D eigenvalue weighted by Gasteiger charge is 2.33. The van der Waals surface area contributed by atoms with E-state index in [2.05, 4.69) is 5.32 Å². The Hall–Kier alpha value is -3.36. The maximum Gasteiger partial charge on any atom is 0.264 e. The first-order valence-corrected chi connectivity index (χ1v) is 16.0. The number of nitrogens with one attached hydrogen (secondary N) is 1. The van der Waals surface area contributed by atoms with Gasteiger partial charge in [-0.1, -0.05) is 85.5 Å². The van der Waals surface area contributed by atoms with E-state index in [1.165, 1.54) is 23.5 Å². The summed E-state index contributed by atoms with van der Waals surface area (Å²) in [6, 6.07) is 21.9. The lowest BCUT2D eigenvalue weighted by atomic mass is 9.95. The molecular formula is C32H38ClN3O4S. The van der Waals surface area contributed by atoms with Gasteiger partial charge < -0.3 is 10.2 Å². The molecule has 1 aliphatic rings. The van der Waals surface area contributed by atoms with Crippen LogP contribution in [0.4, 0.5) is 5.69 Å². The molecule has 0 bridgehead atoms. The van der Waals surface area contributed by atoms with Crippen LogP contribution in [-0.4, -0.2) is 50.3 Å². The normalized spacial score (nSPS) is 14.7. The van der Waals surface area contributed by atoms with Crippen molar-refractivity contribution in [1.82, 2.24) is 10.2 Å². The van der Waals surface area contributed by atoms with Gasteiger partial charge in [0.1, 0.15) is 12.6 Å². The van der Waals surface area contributed by atoms with E-state index in [0.717, 1.165) is 41.1 Å². The van der Waals surface area contributed by atoms with Crippen molar-refractivity contribution in [2.24, 2.45) is 0 Å². The molecule has 0 unspecified atom stereocenters. The first kappa shape index (κ1) is 30.6. The number of nitrogens with zero attached hydrogens (tertiary/aromatic N) is 2. The molecule has 2 amide bonds. The maximum absolute atomic E-state index is 14.0. The molecule has 9 heteroatoms. The topological polar surface area (TPSA) is 86.8 Å². The number of anilines is 1.